The molecule has 0 unspecified atom stereocenters. The Morgan fingerprint density at radius 3 is 1.52 bits per heavy atom. The van der Waals surface area contributed by atoms with Gasteiger partial charge in [-0.25, -0.2) is 40.7 Å². The third-order valence-corrected chi connectivity index (χ3v) is 21.4. The molecule has 4 fully saturated rings. The Hall–Kier alpha value is -5.92. The number of nitriles is 1. The Balaban J connectivity index is 0.525. The fourth-order valence-corrected chi connectivity index (χ4v) is 16.3. The van der Waals surface area contributed by atoms with Crippen molar-refractivity contribution in [1.82, 2.24) is 60.9 Å². The number of fused-ring (bicyclic) bond motifs is 2. The summed E-state index contributed by atoms with van der Waals surface area (Å²) < 4.78 is 84.5. The SMILES string of the molecule is [C-]#[N+]c1cc(Cl)cc2c1C[C@H](N1CCN[C@@H](C)C1)[C@H]2Oc1ccc(S(=O)(=O)N[C@@H]2CCN(CCOCCNC(=O)NCCCCNC(=O)NCCOCCN3CC[C@@H](NS(=O)(=O)c4ccc(O[C@H]5c6cc(Cl)cc(C#N)c6C[C@@H]5N5CCN[C@@H](C)C5)cc4)C3)C2)cc1. The molecule has 4 heterocycles. The van der Waals surface area contributed by atoms with Crippen LogP contribution in [0.4, 0.5) is 15.3 Å². The van der Waals surface area contributed by atoms with Crippen molar-refractivity contribution in [2.45, 2.75) is 111 Å². The summed E-state index contributed by atoms with van der Waals surface area (Å²) in [6, 6.07) is 21.9. The topological polar surface area (TPSA) is 277 Å². The highest BCUT2D eigenvalue weighted by atomic mass is 35.5. The zero-order chi connectivity index (χ0) is 64.8. The normalized spacial score (nSPS) is 23.7. The molecule has 4 amide bonds. The van der Waals surface area contributed by atoms with E-state index in [1.54, 1.807) is 60.7 Å². The van der Waals surface area contributed by atoms with Gasteiger partial charge in [-0.2, -0.15) is 5.26 Å². The molecule has 2 aliphatic carbocycles. The number of sulfonamides is 2. The number of likely N-dealkylation sites (tertiary alicyclic amines) is 2. The third kappa shape index (κ3) is 18.5. The molecule has 4 saturated heterocycles. The van der Waals surface area contributed by atoms with Crippen LogP contribution in [-0.2, 0) is 42.4 Å². The van der Waals surface area contributed by atoms with Crippen molar-refractivity contribution in [3.05, 3.63) is 122 Å². The quantitative estimate of drug-likeness (QED) is 0.0265. The van der Waals surface area contributed by atoms with Crippen molar-refractivity contribution in [3.8, 4) is 17.6 Å². The molecule has 0 radical (unpaired) electrons. The van der Waals surface area contributed by atoms with E-state index < -0.39 is 20.0 Å². The van der Waals surface area contributed by atoms with E-state index in [-0.39, 0.29) is 58.2 Å². The summed E-state index contributed by atoms with van der Waals surface area (Å²) in [5, 5.41) is 29.0. The second kappa shape index (κ2) is 32.5. The van der Waals surface area contributed by atoms with Gasteiger partial charge in [0.1, 0.15) is 23.7 Å². The number of hydrogen-bond acceptors (Lipinski definition) is 17. The summed E-state index contributed by atoms with van der Waals surface area (Å²) in [5.74, 6) is 1.06. The molecule has 0 aromatic heterocycles. The molecule has 4 aromatic carbocycles. The minimum atomic E-state index is -3.81. The van der Waals surface area contributed by atoms with Crippen LogP contribution in [0.15, 0.2) is 82.6 Å². The minimum absolute atomic E-state index is 0.00304. The molecule has 0 bridgehead atoms. The van der Waals surface area contributed by atoms with Gasteiger partial charge >= 0.3 is 12.1 Å². The number of carbonyl (C=O) groups excluding carboxylic acids is 2. The number of unbranched alkanes of at least 4 members (excludes halogenated alkanes) is 1. The standard InChI is InChI=1S/C64H86Cl2N14O10S2/c1-43-39-79(24-18-69-43)59-36-54-45(38-67)32-46(65)33-56(54)61(59)89-50-6-10-52(11-7-50)91(83,84)75-48-14-22-77(41-48)26-30-87-28-20-73-63(81)71-16-4-5-17-72-64(82)74-21-29-88-31-27-78-23-15-49(42-78)76-92(85,86)53-12-8-51(9-13-53)90-62-57-34-47(66)35-58(68-3)55(57)37-60(62)80-25-19-70-44(2)40-80/h6-13,32-35,43-44,48-49,59-62,69-70,75-76H,4-5,14-31,36-37,39-42H2,1-2H3,(H2,71,73,81)(H2,72,74,82)/t43-,44-,48+,49+,59-,60-,61-,62-/m0/s1. The number of nitrogens with one attached hydrogen (secondary N) is 8. The Labute approximate surface area is 551 Å². The van der Waals surface area contributed by atoms with Crippen molar-refractivity contribution < 1.29 is 45.4 Å². The van der Waals surface area contributed by atoms with E-state index in [1.807, 2.05) is 12.1 Å². The molecule has 8 atom stereocenters. The zero-order valence-electron chi connectivity index (χ0n) is 52.3. The van der Waals surface area contributed by atoms with Crippen LogP contribution in [0.3, 0.4) is 0 Å². The summed E-state index contributed by atoms with van der Waals surface area (Å²) in [4.78, 5) is 37.8. The highest BCUT2D eigenvalue weighted by Gasteiger charge is 2.43. The van der Waals surface area contributed by atoms with Crippen molar-refractivity contribution in [3.63, 3.8) is 0 Å². The van der Waals surface area contributed by atoms with Gasteiger partial charge in [-0.3, -0.25) is 19.6 Å². The van der Waals surface area contributed by atoms with Crippen molar-refractivity contribution >= 4 is 61.0 Å². The molecular formula is C64H86Cl2N14O10S2. The first-order valence-electron chi connectivity index (χ1n) is 32.0. The first-order chi connectivity index (χ1) is 44.4. The molecular weight excluding hydrogens is 1260 g/mol. The molecule has 0 saturated carbocycles. The van der Waals surface area contributed by atoms with Gasteiger partial charge in [-0.1, -0.05) is 23.2 Å². The number of rotatable bonds is 29. The van der Waals surface area contributed by atoms with Gasteiger partial charge in [-0.05, 0) is 161 Å². The van der Waals surface area contributed by atoms with Crippen molar-refractivity contribution in [2.24, 2.45) is 0 Å². The molecule has 498 valence electrons. The van der Waals surface area contributed by atoms with E-state index >= 15 is 0 Å². The summed E-state index contributed by atoms with van der Waals surface area (Å²) in [5.41, 5.74) is 4.75. The molecule has 92 heavy (non-hydrogen) atoms. The second-order valence-corrected chi connectivity index (χ2v) is 28.9. The van der Waals surface area contributed by atoms with E-state index in [0.29, 0.717) is 175 Å². The van der Waals surface area contributed by atoms with E-state index in [4.69, 9.17) is 48.7 Å². The first-order valence-corrected chi connectivity index (χ1v) is 35.7. The van der Waals surface area contributed by atoms with E-state index in [9.17, 15) is 31.7 Å². The number of benzene rings is 4. The summed E-state index contributed by atoms with van der Waals surface area (Å²) >= 11 is 12.9. The van der Waals surface area contributed by atoms with Gasteiger partial charge in [0, 0.05) is 126 Å². The van der Waals surface area contributed by atoms with Crippen LogP contribution in [0.1, 0.15) is 79.6 Å². The number of piperazine rings is 2. The number of carbonyl (C=O) groups is 2. The van der Waals surface area contributed by atoms with Crippen LogP contribution in [-0.4, -0.2) is 216 Å². The number of hydrogen-bond donors (Lipinski definition) is 8. The molecule has 28 heteroatoms. The van der Waals surface area contributed by atoms with E-state index in [1.165, 1.54) is 0 Å². The van der Waals surface area contributed by atoms with Crippen LogP contribution in [0, 0.1) is 17.9 Å². The monoisotopic (exact) mass is 1340 g/mol. The Kier molecular flexibility index (Phi) is 24.3. The van der Waals surface area contributed by atoms with Gasteiger partial charge in [-0.15, -0.1) is 0 Å². The second-order valence-electron chi connectivity index (χ2n) is 24.6. The van der Waals surface area contributed by atoms with Crippen LogP contribution in [0.25, 0.3) is 4.85 Å². The molecule has 0 spiro atoms. The van der Waals surface area contributed by atoms with Gasteiger partial charge in [0.05, 0.1) is 66.5 Å². The number of amides is 4. The van der Waals surface area contributed by atoms with Crippen LogP contribution in [0.2, 0.25) is 10.0 Å². The van der Waals surface area contributed by atoms with Crippen molar-refractivity contribution in [1.29, 1.82) is 5.26 Å². The lowest BCUT2D eigenvalue weighted by Gasteiger charge is -2.38. The Morgan fingerprint density at radius 1 is 0.620 bits per heavy atom. The molecule has 8 N–H and O–H groups in total. The maximum atomic E-state index is 13.5. The summed E-state index contributed by atoms with van der Waals surface area (Å²) in [6.45, 7) is 23.9. The smallest absolute Gasteiger partial charge is 0.314 e. The fraction of sp³-hybridized carbons (Fsp3) is 0.562. The lowest BCUT2D eigenvalue weighted by Crippen LogP contribution is -2.54. The lowest BCUT2D eigenvalue weighted by molar-refractivity contribution is 0.0594. The predicted octanol–water partition coefficient (Wildman–Crippen LogP) is 4.91. The average molecular weight is 1350 g/mol. The summed E-state index contributed by atoms with van der Waals surface area (Å²) in [6.07, 6.45) is 3.20. The third-order valence-electron chi connectivity index (χ3n) is 17.9. The maximum absolute atomic E-state index is 13.5. The highest BCUT2D eigenvalue weighted by Crippen LogP contribution is 2.45. The average Bonchev–Trinajstić information content (AvgIpc) is 1.63. The maximum Gasteiger partial charge on any atom is 0.314 e. The molecule has 10 rings (SSSR count). The summed E-state index contributed by atoms with van der Waals surface area (Å²) in [7, 11) is -7.62. The zero-order valence-corrected chi connectivity index (χ0v) is 55.4. The van der Waals surface area contributed by atoms with Crippen LogP contribution < -0.4 is 50.8 Å². The number of halogens is 2. The first kappa shape index (κ1) is 68.9. The van der Waals surface area contributed by atoms with Gasteiger partial charge in [0.25, 0.3) is 0 Å². The van der Waals surface area contributed by atoms with Crippen LogP contribution in [0.5, 0.6) is 11.5 Å². The Bertz CT molecular complexity index is 3270. The van der Waals surface area contributed by atoms with Gasteiger partial charge < -0.3 is 50.8 Å². The van der Waals surface area contributed by atoms with E-state index in [2.05, 4.69) is 85.7 Å². The van der Waals surface area contributed by atoms with E-state index in [0.717, 1.165) is 61.5 Å². The largest absolute Gasteiger partial charge is 0.484 e. The van der Waals surface area contributed by atoms with Gasteiger partial charge in [0.2, 0.25) is 20.0 Å². The highest BCUT2D eigenvalue weighted by molar-refractivity contribution is 7.89. The van der Waals surface area contributed by atoms with Crippen LogP contribution >= 0.6 is 23.2 Å². The van der Waals surface area contributed by atoms with Crippen molar-refractivity contribution in [2.75, 3.05) is 131 Å². The van der Waals surface area contributed by atoms with Gasteiger partial charge in [0.15, 0.2) is 5.69 Å². The predicted molar refractivity (Wildman–Crippen MR) is 351 cm³/mol. The fourth-order valence-electron chi connectivity index (χ4n) is 13.3. The minimum Gasteiger partial charge on any atom is -0.484 e. The lowest BCUT2D eigenvalue weighted by atomic mass is 10.0. The molecule has 6 aliphatic rings. The number of nitrogens with zero attached hydrogens (tertiary/aromatic N) is 6. The molecule has 4 aliphatic heterocycles. The number of urea groups is 2. The number of ether oxygens (including phenoxy) is 4. The Morgan fingerprint density at radius 2 is 1.07 bits per heavy atom. The molecule has 24 nitrogen and oxygen atoms in total. The molecule has 4 aromatic rings.